The molecule has 0 fully saturated rings. The standard InChI is InChI=1S/C46H40Si2/c1-47(2,36-17-6-5-7-18-36)37-29-25-34(26-30-37)45-40-20-10-12-22-42(40)46(43-23-13-11-21-41(43)45)35-27-31-38(32-28-35)48(3,4)44-24-14-16-33-15-8-9-19-39(33)44/h5-32H,1-4H3. The van der Waals surface area contributed by atoms with Gasteiger partial charge >= 0.3 is 0 Å². The first-order valence-electron chi connectivity index (χ1n) is 17.0. The fraction of sp³-hybridized carbons (Fsp3) is 0.0870. The van der Waals surface area contributed by atoms with Crippen LogP contribution in [0, 0.1) is 0 Å². The molecule has 0 unspecified atom stereocenters. The minimum atomic E-state index is -1.94. The van der Waals surface area contributed by atoms with Gasteiger partial charge in [-0.15, -0.1) is 0 Å². The van der Waals surface area contributed by atoms with Gasteiger partial charge < -0.3 is 0 Å². The number of hydrogen-bond donors (Lipinski definition) is 0. The first kappa shape index (κ1) is 30.3. The molecule has 0 aromatic heterocycles. The highest BCUT2D eigenvalue weighted by Crippen LogP contribution is 2.43. The van der Waals surface area contributed by atoms with Gasteiger partial charge in [0, 0.05) is 0 Å². The van der Waals surface area contributed by atoms with Crippen LogP contribution in [0.4, 0.5) is 0 Å². The van der Waals surface area contributed by atoms with Gasteiger partial charge in [0.05, 0.1) is 0 Å². The molecule has 0 nitrogen and oxygen atoms in total. The molecule has 0 amide bonds. The minimum Gasteiger partial charge on any atom is -0.0626 e. The lowest BCUT2D eigenvalue weighted by atomic mass is 9.86. The van der Waals surface area contributed by atoms with Gasteiger partial charge in [0.1, 0.15) is 16.1 Å². The Labute approximate surface area is 286 Å². The first-order valence-corrected chi connectivity index (χ1v) is 23.0. The van der Waals surface area contributed by atoms with Crippen molar-refractivity contribution >= 4 is 69.2 Å². The van der Waals surface area contributed by atoms with Crippen molar-refractivity contribution in [1.29, 1.82) is 0 Å². The van der Waals surface area contributed by atoms with Gasteiger partial charge in [-0.05, 0) is 59.8 Å². The van der Waals surface area contributed by atoms with Gasteiger partial charge in [0.25, 0.3) is 0 Å². The Morgan fingerprint density at radius 3 is 1.17 bits per heavy atom. The lowest BCUT2D eigenvalue weighted by Crippen LogP contribution is -2.53. The highest BCUT2D eigenvalue weighted by Gasteiger charge is 2.28. The highest BCUT2D eigenvalue weighted by atomic mass is 28.3. The van der Waals surface area contributed by atoms with Gasteiger partial charge in [-0.2, -0.15) is 0 Å². The predicted octanol–water partition coefficient (Wildman–Crippen LogP) is 10.1. The summed E-state index contributed by atoms with van der Waals surface area (Å²) in [7, 11) is -3.73. The van der Waals surface area contributed by atoms with Crippen LogP contribution in [0.5, 0.6) is 0 Å². The van der Waals surface area contributed by atoms with E-state index in [0.29, 0.717) is 0 Å². The molecule has 2 heteroatoms. The third kappa shape index (κ3) is 5.04. The van der Waals surface area contributed by atoms with E-state index in [4.69, 9.17) is 0 Å². The van der Waals surface area contributed by atoms with Crippen LogP contribution in [0.1, 0.15) is 0 Å². The van der Waals surface area contributed by atoms with Gasteiger partial charge in [0.15, 0.2) is 0 Å². The summed E-state index contributed by atoms with van der Waals surface area (Å²) in [5.74, 6) is 0. The van der Waals surface area contributed by atoms with E-state index in [1.165, 1.54) is 75.3 Å². The quantitative estimate of drug-likeness (QED) is 0.124. The fourth-order valence-electron chi connectivity index (χ4n) is 7.80. The molecule has 232 valence electrons. The lowest BCUT2D eigenvalue weighted by Gasteiger charge is -2.26. The van der Waals surface area contributed by atoms with Crippen molar-refractivity contribution in [1.82, 2.24) is 0 Å². The summed E-state index contributed by atoms with van der Waals surface area (Å²) in [5.41, 5.74) is 5.17. The van der Waals surface area contributed by atoms with Gasteiger partial charge in [-0.25, -0.2) is 0 Å². The SMILES string of the molecule is C[Si](C)(c1ccccc1)c1ccc(-c2c3ccccc3c(-c3ccc([Si](C)(C)c4cccc5ccccc45)cc3)c3ccccc23)cc1. The maximum atomic E-state index is 2.48. The third-order valence-electron chi connectivity index (χ3n) is 10.7. The van der Waals surface area contributed by atoms with Crippen LogP contribution in [0.15, 0.2) is 170 Å². The topological polar surface area (TPSA) is 0 Å². The molecular formula is C46H40Si2. The Kier molecular flexibility index (Phi) is 7.51. The second kappa shape index (κ2) is 11.9. The molecule has 48 heavy (non-hydrogen) atoms. The summed E-state index contributed by atoms with van der Waals surface area (Å²) in [5, 5.41) is 13.8. The van der Waals surface area contributed by atoms with E-state index in [9.17, 15) is 0 Å². The molecule has 0 radical (unpaired) electrons. The Balaban J connectivity index is 1.25. The van der Waals surface area contributed by atoms with Crippen molar-refractivity contribution in [3.63, 3.8) is 0 Å². The summed E-state index contributed by atoms with van der Waals surface area (Å²) in [6.45, 7) is 9.87. The molecule has 0 saturated heterocycles. The van der Waals surface area contributed by atoms with Gasteiger partial charge in [-0.1, -0.05) is 212 Å². The molecular weight excluding hydrogens is 609 g/mol. The minimum absolute atomic E-state index is 1.27. The van der Waals surface area contributed by atoms with E-state index in [-0.39, 0.29) is 0 Å². The molecule has 0 N–H and O–H groups in total. The highest BCUT2D eigenvalue weighted by molar-refractivity contribution is 7.01. The lowest BCUT2D eigenvalue weighted by molar-refractivity contribution is 1.64. The third-order valence-corrected chi connectivity index (χ3v) is 17.8. The van der Waals surface area contributed by atoms with Crippen LogP contribution >= 0.6 is 0 Å². The Bertz CT molecular complexity index is 2360. The summed E-state index contributed by atoms with van der Waals surface area (Å²) in [6, 6.07) is 63.6. The van der Waals surface area contributed by atoms with Crippen molar-refractivity contribution in [2.75, 3.05) is 0 Å². The van der Waals surface area contributed by atoms with E-state index >= 15 is 0 Å². The van der Waals surface area contributed by atoms with Gasteiger partial charge in [0.2, 0.25) is 0 Å². The molecule has 0 aliphatic heterocycles. The van der Waals surface area contributed by atoms with E-state index < -0.39 is 16.1 Å². The van der Waals surface area contributed by atoms with Crippen molar-refractivity contribution < 1.29 is 0 Å². The zero-order valence-electron chi connectivity index (χ0n) is 28.2. The molecule has 8 rings (SSSR count). The molecule has 0 atom stereocenters. The first-order chi connectivity index (χ1) is 23.3. The Morgan fingerprint density at radius 1 is 0.292 bits per heavy atom. The smallest absolute Gasteiger partial charge is 0.0626 e. The monoisotopic (exact) mass is 648 g/mol. The molecule has 0 spiro atoms. The summed E-state index contributed by atoms with van der Waals surface area (Å²) >= 11 is 0. The van der Waals surface area contributed by atoms with Gasteiger partial charge in [-0.3, -0.25) is 0 Å². The molecule has 0 saturated carbocycles. The van der Waals surface area contributed by atoms with E-state index in [1.807, 2.05) is 0 Å². The summed E-state index contributed by atoms with van der Waals surface area (Å²) in [6.07, 6.45) is 0. The van der Waals surface area contributed by atoms with E-state index in [2.05, 4.69) is 196 Å². The van der Waals surface area contributed by atoms with Crippen LogP contribution in [-0.4, -0.2) is 16.1 Å². The molecule has 0 bridgehead atoms. The molecule has 0 heterocycles. The predicted molar refractivity (Wildman–Crippen MR) is 216 cm³/mol. The average Bonchev–Trinajstić information content (AvgIpc) is 3.14. The largest absolute Gasteiger partial charge is 0.113 e. The summed E-state index contributed by atoms with van der Waals surface area (Å²) < 4.78 is 0. The Morgan fingerprint density at radius 2 is 0.667 bits per heavy atom. The zero-order chi connectivity index (χ0) is 32.9. The van der Waals surface area contributed by atoms with Crippen molar-refractivity contribution in [3.05, 3.63) is 170 Å². The second-order valence-corrected chi connectivity index (χ2v) is 22.9. The average molecular weight is 649 g/mol. The maximum Gasteiger partial charge on any atom is 0.113 e. The number of hydrogen-bond acceptors (Lipinski definition) is 0. The zero-order valence-corrected chi connectivity index (χ0v) is 30.2. The maximum absolute atomic E-state index is 2.48. The van der Waals surface area contributed by atoms with Crippen LogP contribution in [0.2, 0.25) is 26.2 Å². The summed E-state index contributed by atoms with van der Waals surface area (Å²) in [4.78, 5) is 0. The van der Waals surface area contributed by atoms with Crippen LogP contribution < -0.4 is 20.7 Å². The molecule has 8 aromatic carbocycles. The Hall–Kier alpha value is -5.03. The number of rotatable bonds is 6. The van der Waals surface area contributed by atoms with Crippen molar-refractivity contribution in [3.8, 4) is 22.3 Å². The second-order valence-electron chi connectivity index (χ2n) is 14.1. The normalized spacial score (nSPS) is 12.2. The fourth-order valence-corrected chi connectivity index (χ4v) is 12.9. The molecule has 8 aromatic rings. The molecule has 0 aliphatic carbocycles. The molecule has 0 aliphatic rings. The van der Waals surface area contributed by atoms with Crippen LogP contribution in [0.25, 0.3) is 54.6 Å². The van der Waals surface area contributed by atoms with Crippen molar-refractivity contribution in [2.24, 2.45) is 0 Å². The van der Waals surface area contributed by atoms with Crippen LogP contribution in [-0.2, 0) is 0 Å². The van der Waals surface area contributed by atoms with E-state index in [0.717, 1.165) is 0 Å². The number of fused-ring (bicyclic) bond motifs is 3. The number of benzene rings is 8. The van der Waals surface area contributed by atoms with Crippen molar-refractivity contribution in [2.45, 2.75) is 26.2 Å². The van der Waals surface area contributed by atoms with E-state index in [1.54, 1.807) is 0 Å². The van der Waals surface area contributed by atoms with Crippen LogP contribution in [0.3, 0.4) is 0 Å².